The predicted molar refractivity (Wildman–Crippen MR) is 85.9 cm³/mol. The third-order valence-electron chi connectivity index (χ3n) is 4.07. The number of amides is 1. The molecule has 0 fully saturated rings. The number of aliphatic hydroxyl groups is 1. The second-order valence-electron chi connectivity index (χ2n) is 5.51. The molecular formula is C17H17ClN2O2. The summed E-state index contributed by atoms with van der Waals surface area (Å²) in [5.41, 5.74) is 1.76. The normalized spacial score (nSPS) is 16.2. The number of aliphatic hydroxyl groups excluding tert-OH is 1. The van der Waals surface area contributed by atoms with Gasteiger partial charge in [0.25, 0.3) is 0 Å². The van der Waals surface area contributed by atoms with E-state index in [1.165, 1.54) is 0 Å². The van der Waals surface area contributed by atoms with Crippen LogP contribution in [0.5, 0.6) is 0 Å². The summed E-state index contributed by atoms with van der Waals surface area (Å²) in [5.74, 6) is 0.0525. The number of carbonyl (C=O) groups excluding carboxylic acids is 1. The van der Waals surface area contributed by atoms with Gasteiger partial charge in [0.05, 0.1) is 12.0 Å². The molecule has 2 atom stereocenters. The number of anilines is 1. The van der Waals surface area contributed by atoms with Crippen LogP contribution < -0.4 is 4.90 Å². The van der Waals surface area contributed by atoms with Gasteiger partial charge in [0.1, 0.15) is 5.82 Å². The average Bonchev–Trinajstić information content (AvgIpc) is 2.97. The first kappa shape index (κ1) is 15.0. The zero-order chi connectivity index (χ0) is 15.7. The van der Waals surface area contributed by atoms with Gasteiger partial charge < -0.3 is 5.11 Å². The van der Waals surface area contributed by atoms with Crippen LogP contribution in [-0.2, 0) is 11.2 Å². The van der Waals surface area contributed by atoms with Gasteiger partial charge in [-0.15, -0.1) is 0 Å². The fraction of sp³-hybridized carbons (Fsp3) is 0.294. The van der Waals surface area contributed by atoms with Gasteiger partial charge >= 0.3 is 0 Å². The Labute approximate surface area is 134 Å². The van der Waals surface area contributed by atoms with Gasteiger partial charge in [0.15, 0.2) is 0 Å². The van der Waals surface area contributed by atoms with Gasteiger partial charge in [-0.1, -0.05) is 36.7 Å². The quantitative estimate of drug-likeness (QED) is 0.947. The maximum Gasteiger partial charge on any atom is 0.233 e. The summed E-state index contributed by atoms with van der Waals surface area (Å²) in [6.07, 6.45) is 1.63. The summed E-state index contributed by atoms with van der Waals surface area (Å²) in [5, 5.41) is 11.1. The van der Waals surface area contributed by atoms with Crippen molar-refractivity contribution in [2.75, 3.05) is 11.4 Å². The molecule has 0 saturated heterocycles. The van der Waals surface area contributed by atoms with Crippen LogP contribution in [0.25, 0.3) is 0 Å². The molecule has 1 aromatic heterocycles. The van der Waals surface area contributed by atoms with Crippen LogP contribution in [0.15, 0.2) is 42.6 Å². The molecule has 22 heavy (non-hydrogen) atoms. The molecular weight excluding hydrogens is 300 g/mol. The molecule has 0 spiro atoms. The molecule has 5 heteroatoms. The number of aromatic nitrogens is 1. The Balaban J connectivity index is 1.79. The highest BCUT2D eigenvalue weighted by Gasteiger charge is 2.32. The molecule has 0 bridgehead atoms. The molecule has 1 N–H and O–H groups in total. The Bertz CT molecular complexity index is 687. The highest BCUT2D eigenvalue weighted by Crippen LogP contribution is 2.30. The third kappa shape index (κ3) is 2.72. The van der Waals surface area contributed by atoms with Crippen LogP contribution in [0.3, 0.4) is 0 Å². The van der Waals surface area contributed by atoms with Gasteiger partial charge in [-0.05, 0) is 35.7 Å². The number of carbonyl (C=O) groups is 1. The van der Waals surface area contributed by atoms with Crippen LogP contribution >= 0.6 is 11.6 Å². The van der Waals surface area contributed by atoms with E-state index in [9.17, 15) is 9.90 Å². The number of rotatable bonds is 3. The van der Waals surface area contributed by atoms with Gasteiger partial charge in [-0.25, -0.2) is 4.98 Å². The monoisotopic (exact) mass is 316 g/mol. The lowest BCUT2D eigenvalue weighted by Gasteiger charge is -2.24. The van der Waals surface area contributed by atoms with E-state index < -0.39 is 12.0 Å². The standard InChI is InChI=1S/C17H17ClN2O2/c1-11(15(21)12-4-6-14(18)7-5-12)17(22)20-10-8-13-3-2-9-19-16(13)20/h2-7,9,11,15,21H,8,10H2,1H3/t11-,15-/m1/s1. The van der Waals surface area contributed by atoms with Gasteiger partial charge in [0, 0.05) is 17.8 Å². The van der Waals surface area contributed by atoms with E-state index in [4.69, 9.17) is 11.6 Å². The van der Waals surface area contributed by atoms with E-state index in [0.29, 0.717) is 22.9 Å². The van der Waals surface area contributed by atoms with Crippen molar-refractivity contribution in [3.8, 4) is 0 Å². The molecule has 2 heterocycles. The lowest BCUT2D eigenvalue weighted by molar-refractivity contribution is -0.125. The van der Waals surface area contributed by atoms with Gasteiger partial charge in [-0.3, -0.25) is 9.69 Å². The molecule has 114 valence electrons. The number of pyridine rings is 1. The van der Waals surface area contributed by atoms with Crippen LogP contribution in [-0.4, -0.2) is 22.5 Å². The van der Waals surface area contributed by atoms with Crippen LogP contribution in [0, 0.1) is 5.92 Å². The zero-order valence-corrected chi connectivity index (χ0v) is 13.0. The molecule has 0 aliphatic carbocycles. The molecule has 1 amide bonds. The first-order chi connectivity index (χ1) is 10.6. The maximum absolute atomic E-state index is 12.7. The van der Waals surface area contributed by atoms with E-state index in [1.54, 1.807) is 42.3 Å². The lowest BCUT2D eigenvalue weighted by atomic mass is 9.96. The van der Waals surface area contributed by atoms with E-state index in [1.807, 2.05) is 12.1 Å². The highest BCUT2D eigenvalue weighted by atomic mass is 35.5. The summed E-state index contributed by atoms with van der Waals surface area (Å²) >= 11 is 5.85. The second-order valence-corrected chi connectivity index (χ2v) is 5.95. The molecule has 0 unspecified atom stereocenters. The maximum atomic E-state index is 12.7. The Morgan fingerprint density at radius 3 is 2.77 bits per heavy atom. The topological polar surface area (TPSA) is 53.4 Å². The smallest absolute Gasteiger partial charge is 0.233 e. The van der Waals surface area contributed by atoms with E-state index in [2.05, 4.69) is 4.98 Å². The van der Waals surface area contributed by atoms with Crippen molar-refractivity contribution in [2.45, 2.75) is 19.4 Å². The number of hydrogen-bond acceptors (Lipinski definition) is 3. The van der Waals surface area contributed by atoms with Crippen molar-refractivity contribution < 1.29 is 9.90 Å². The van der Waals surface area contributed by atoms with Crippen LogP contribution in [0.4, 0.5) is 5.82 Å². The van der Waals surface area contributed by atoms with Crippen molar-refractivity contribution in [2.24, 2.45) is 5.92 Å². The van der Waals surface area contributed by atoms with Crippen molar-refractivity contribution in [1.29, 1.82) is 0 Å². The zero-order valence-electron chi connectivity index (χ0n) is 12.2. The minimum absolute atomic E-state index is 0.111. The summed E-state index contributed by atoms with van der Waals surface area (Å²) < 4.78 is 0. The third-order valence-corrected chi connectivity index (χ3v) is 4.32. The molecule has 4 nitrogen and oxygen atoms in total. The fourth-order valence-electron chi connectivity index (χ4n) is 2.75. The Hall–Kier alpha value is -1.91. The van der Waals surface area contributed by atoms with E-state index in [-0.39, 0.29) is 5.91 Å². The largest absolute Gasteiger partial charge is 0.388 e. The Morgan fingerprint density at radius 1 is 1.32 bits per heavy atom. The number of nitrogens with zero attached hydrogens (tertiary/aromatic N) is 2. The van der Waals surface area contributed by atoms with E-state index >= 15 is 0 Å². The molecule has 1 aromatic carbocycles. The lowest BCUT2D eigenvalue weighted by Crippen LogP contribution is -2.36. The molecule has 1 aliphatic heterocycles. The Kier molecular flexibility index (Phi) is 4.14. The van der Waals surface area contributed by atoms with Crippen molar-refractivity contribution >= 4 is 23.3 Å². The minimum atomic E-state index is -0.863. The van der Waals surface area contributed by atoms with Crippen LogP contribution in [0.1, 0.15) is 24.2 Å². The number of benzene rings is 1. The minimum Gasteiger partial charge on any atom is -0.388 e. The number of hydrogen-bond donors (Lipinski definition) is 1. The van der Waals surface area contributed by atoms with Crippen molar-refractivity contribution in [1.82, 2.24) is 4.98 Å². The van der Waals surface area contributed by atoms with E-state index in [0.717, 1.165) is 12.0 Å². The van der Waals surface area contributed by atoms with Gasteiger partial charge in [-0.2, -0.15) is 0 Å². The van der Waals surface area contributed by atoms with Gasteiger partial charge in [0.2, 0.25) is 5.91 Å². The summed E-state index contributed by atoms with van der Waals surface area (Å²) in [6, 6.07) is 10.8. The summed E-state index contributed by atoms with van der Waals surface area (Å²) in [7, 11) is 0. The number of fused-ring (bicyclic) bond motifs is 1. The second kappa shape index (κ2) is 6.07. The van der Waals surface area contributed by atoms with Crippen LogP contribution in [0.2, 0.25) is 5.02 Å². The molecule has 0 radical (unpaired) electrons. The Morgan fingerprint density at radius 2 is 2.05 bits per heavy atom. The number of halogens is 1. The molecule has 0 saturated carbocycles. The van der Waals surface area contributed by atoms with Crippen molar-refractivity contribution in [3.05, 3.63) is 58.7 Å². The molecule has 3 rings (SSSR count). The molecule has 1 aliphatic rings. The average molecular weight is 317 g/mol. The fourth-order valence-corrected chi connectivity index (χ4v) is 2.88. The summed E-state index contributed by atoms with van der Waals surface area (Å²) in [4.78, 5) is 18.6. The first-order valence-corrected chi connectivity index (χ1v) is 7.64. The predicted octanol–water partition coefficient (Wildman–Crippen LogP) is 2.99. The molecule has 2 aromatic rings. The van der Waals surface area contributed by atoms with Crippen molar-refractivity contribution in [3.63, 3.8) is 0 Å². The highest BCUT2D eigenvalue weighted by molar-refractivity contribution is 6.30. The first-order valence-electron chi connectivity index (χ1n) is 7.26. The SMILES string of the molecule is C[C@@H](C(=O)N1CCc2cccnc21)[C@@H](O)c1ccc(Cl)cc1. The summed E-state index contributed by atoms with van der Waals surface area (Å²) in [6.45, 7) is 2.35.